The lowest BCUT2D eigenvalue weighted by Gasteiger charge is -2.11. The number of benzene rings is 2. The average molecular weight is 510 g/mol. The maximum Gasteiger partial charge on any atom is 0.317 e. The second-order valence-corrected chi connectivity index (χ2v) is 9.05. The van der Waals surface area contributed by atoms with Crippen LogP contribution in [0.25, 0.3) is 10.2 Å². The number of urea groups is 1. The first-order chi connectivity index (χ1) is 16.9. The summed E-state index contributed by atoms with van der Waals surface area (Å²) in [6.07, 6.45) is 1.48. The number of nitrogens with zero attached hydrogens (tertiary/aromatic N) is 3. The molecule has 0 spiro atoms. The molecule has 0 fully saturated rings. The van der Waals surface area contributed by atoms with Crippen molar-refractivity contribution in [3.05, 3.63) is 76.1 Å². The molecule has 2 N–H and O–H groups in total. The Morgan fingerprint density at radius 3 is 2.83 bits per heavy atom. The van der Waals surface area contributed by atoms with E-state index in [1.807, 2.05) is 12.1 Å². The van der Waals surface area contributed by atoms with Crippen LogP contribution < -0.4 is 15.4 Å². The summed E-state index contributed by atoms with van der Waals surface area (Å²) in [6.45, 7) is 0.447. The topological polar surface area (TPSA) is 79.4 Å². The lowest BCUT2D eigenvalue weighted by Crippen LogP contribution is -2.34. The van der Waals surface area contributed by atoms with Gasteiger partial charge in [-0.05, 0) is 42.0 Å². The van der Waals surface area contributed by atoms with Crippen molar-refractivity contribution < 1.29 is 13.9 Å². The predicted octanol–water partition coefficient (Wildman–Crippen LogP) is 5.43. The Bertz CT molecular complexity index is 1430. The van der Waals surface area contributed by atoms with Gasteiger partial charge in [0.2, 0.25) is 0 Å². The molecule has 2 aromatic heterocycles. The Labute approximate surface area is 210 Å². The van der Waals surface area contributed by atoms with Crippen LogP contribution in [0.2, 0.25) is 5.02 Å². The molecule has 0 atom stereocenters. The molecule has 35 heavy (non-hydrogen) atoms. The minimum Gasteiger partial charge on any atom is -0.487 e. The number of halogens is 2. The number of aromatic nitrogens is 2. The molecule has 0 aliphatic carbocycles. The standard InChI is InChI=1S/C25H21ClFN5O2S/c1-32(2)25(33)28-10-4-7-19-13-21-23(35-19)24(30-15-29-21)31-18-8-9-22(20(26)12-18)34-14-16-5-3-6-17(27)11-16/h3,5-6,8-9,11-13,15H,10,14H2,1-2H3,(H,28,33)(H,29,30,31). The molecule has 178 valence electrons. The highest BCUT2D eigenvalue weighted by Gasteiger charge is 2.10. The fraction of sp³-hybridized carbons (Fsp3) is 0.160. The van der Waals surface area contributed by atoms with Crippen molar-refractivity contribution in [1.82, 2.24) is 20.2 Å². The Balaban J connectivity index is 1.44. The second kappa shape index (κ2) is 11.0. The highest BCUT2D eigenvalue weighted by molar-refractivity contribution is 7.20. The zero-order chi connectivity index (χ0) is 24.8. The molecule has 7 nitrogen and oxygen atoms in total. The number of rotatable bonds is 6. The Morgan fingerprint density at radius 2 is 2.06 bits per heavy atom. The Kier molecular flexibility index (Phi) is 7.65. The van der Waals surface area contributed by atoms with E-state index >= 15 is 0 Å². The van der Waals surface area contributed by atoms with Gasteiger partial charge in [-0.1, -0.05) is 35.6 Å². The monoisotopic (exact) mass is 509 g/mol. The normalized spacial score (nSPS) is 10.4. The van der Waals surface area contributed by atoms with Crippen molar-refractivity contribution in [2.75, 3.05) is 26.0 Å². The minimum absolute atomic E-state index is 0.197. The molecule has 0 aliphatic heterocycles. The van der Waals surface area contributed by atoms with Crippen LogP contribution in [0.5, 0.6) is 5.75 Å². The van der Waals surface area contributed by atoms with E-state index in [0.29, 0.717) is 22.2 Å². The van der Waals surface area contributed by atoms with Gasteiger partial charge in [-0.15, -0.1) is 11.3 Å². The fourth-order valence-electron chi connectivity index (χ4n) is 3.03. The number of nitrogens with one attached hydrogen (secondary N) is 2. The SMILES string of the molecule is CN(C)C(=O)NCC#Cc1cc2ncnc(Nc3ccc(OCc4cccc(F)c4)c(Cl)c3)c2s1. The Morgan fingerprint density at radius 1 is 1.20 bits per heavy atom. The predicted molar refractivity (Wildman–Crippen MR) is 137 cm³/mol. The van der Waals surface area contributed by atoms with Crippen molar-refractivity contribution in [1.29, 1.82) is 0 Å². The summed E-state index contributed by atoms with van der Waals surface area (Å²) in [4.78, 5) is 22.5. The van der Waals surface area contributed by atoms with Crippen LogP contribution in [-0.2, 0) is 6.61 Å². The van der Waals surface area contributed by atoms with Crippen LogP contribution in [-0.4, -0.2) is 41.5 Å². The summed E-state index contributed by atoms with van der Waals surface area (Å²) < 4.78 is 19.9. The van der Waals surface area contributed by atoms with E-state index < -0.39 is 0 Å². The first-order valence-electron chi connectivity index (χ1n) is 10.5. The van der Waals surface area contributed by atoms with Crippen LogP contribution in [0.4, 0.5) is 20.7 Å². The summed E-state index contributed by atoms with van der Waals surface area (Å²) in [5, 5.41) is 6.37. The number of hydrogen-bond acceptors (Lipinski definition) is 6. The zero-order valence-corrected chi connectivity index (χ0v) is 20.5. The highest BCUT2D eigenvalue weighted by Crippen LogP contribution is 2.33. The summed E-state index contributed by atoms with van der Waals surface area (Å²) in [5.41, 5.74) is 2.19. The van der Waals surface area contributed by atoms with E-state index in [4.69, 9.17) is 16.3 Å². The highest BCUT2D eigenvalue weighted by atomic mass is 35.5. The van der Waals surface area contributed by atoms with Crippen LogP contribution in [0.15, 0.2) is 54.9 Å². The molecule has 2 amide bonds. The van der Waals surface area contributed by atoms with E-state index in [1.165, 1.54) is 34.7 Å². The van der Waals surface area contributed by atoms with Gasteiger partial charge in [-0.25, -0.2) is 19.2 Å². The van der Waals surface area contributed by atoms with Gasteiger partial charge >= 0.3 is 6.03 Å². The third-order valence-electron chi connectivity index (χ3n) is 4.73. The number of hydrogen-bond donors (Lipinski definition) is 2. The van der Waals surface area contributed by atoms with Gasteiger partial charge in [0, 0.05) is 19.8 Å². The first-order valence-corrected chi connectivity index (χ1v) is 11.7. The first kappa shape index (κ1) is 24.3. The molecular weight excluding hydrogens is 489 g/mol. The van der Waals surface area contributed by atoms with E-state index in [9.17, 15) is 9.18 Å². The van der Waals surface area contributed by atoms with Gasteiger partial charge < -0.3 is 20.3 Å². The molecule has 0 unspecified atom stereocenters. The summed E-state index contributed by atoms with van der Waals surface area (Å²) >= 11 is 7.86. The molecule has 0 radical (unpaired) electrons. The maximum atomic E-state index is 13.4. The van der Waals surface area contributed by atoms with Gasteiger partial charge in [0.25, 0.3) is 0 Å². The lowest BCUT2D eigenvalue weighted by atomic mass is 10.2. The van der Waals surface area contributed by atoms with Crippen molar-refractivity contribution in [3.8, 4) is 17.6 Å². The number of anilines is 2. The number of fused-ring (bicyclic) bond motifs is 1. The van der Waals surface area contributed by atoms with Gasteiger partial charge in [0.05, 0.1) is 26.7 Å². The molecule has 0 saturated heterocycles. The van der Waals surface area contributed by atoms with Crippen LogP contribution in [0.1, 0.15) is 10.4 Å². The van der Waals surface area contributed by atoms with Crippen molar-refractivity contribution in [3.63, 3.8) is 0 Å². The number of ether oxygens (including phenoxy) is 1. The third-order valence-corrected chi connectivity index (χ3v) is 6.08. The van der Waals surface area contributed by atoms with Crippen molar-refractivity contribution in [2.24, 2.45) is 0 Å². The molecule has 2 aromatic carbocycles. The molecular formula is C25H21ClFN5O2S. The van der Waals surface area contributed by atoms with E-state index in [0.717, 1.165) is 20.8 Å². The fourth-order valence-corrected chi connectivity index (χ4v) is 4.20. The number of thiophene rings is 1. The van der Waals surface area contributed by atoms with Crippen molar-refractivity contribution in [2.45, 2.75) is 6.61 Å². The minimum atomic E-state index is -0.313. The maximum absolute atomic E-state index is 13.4. The summed E-state index contributed by atoms with van der Waals surface area (Å²) in [6, 6.07) is 13.2. The van der Waals surface area contributed by atoms with Gasteiger partial charge in [0.1, 0.15) is 24.5 Å². The average Bonchev–Trinajstić information content (AvgIpc) is 3.25. The Hall–Kier alpha value is -3.87. The lowest BCUT2D eigenvalue weighted by molar-refractivity contribution is 0.219. The van der Waals surface area contributed by atoms with Gasteiger partial charge in [-0.2, -0.15) is 0 Å². The summed E-state index contributed by atoms with van der Waals surface area (Å²) in [7, 11) is 3.34. The molecule has 10 heteroatoms. The smallest absolute Gasteiger partial charge is 0.317 e. The van der Waals surface area contributed by atoms with Gasteiger partial charge in [0.15, 0.2) is 5.82 Å². The van der Waals surface area contributed by atoms with Crippen LogP contribution in [0.3, 0.4) is 0 Å². The van der Waals surface area contributed by atoms with E-state index in [1.54, 1.807) is 38.4 Å². The van der Waals surface area contributed by atoms with Crippen LogP contribution >= 0.6 is 22.9 Å². The quantitative estimate of drug-likeness (QED) is 0.339. The number of carbonyl (C=O) groups excluding carboxylic acids is 1. The molecule has 0 bridgehead atoms. The molecule has 4 rings (SSSR count). The van der Waals surface area contributed by atoms with Gasteiger partial charge in [-0.3, -0.25) is 0 Å². The number of carbonyl (C=O) groups is 1. The number of amides is 2. The summed E-state index contributed by atoms with van der Waals surface area (Å²) in [5.74, 6) is 6.79. The third kappa shape index (κ3) is 6.38. The zero-order valence-electron chi connectivity index (χ0n) is 18.9. The molecule has 0 saturated carbocycles. The largest absolute Gasteiger partial charge is 0.487 e. The molecule has 0 aliphatic rings. The van der Waals surface area contributed by atoms with Crippen LogP contribution in [0, 0.1) is 17.7 Å². The van der Waals surface area contributed by atoms with E-state index in [-0.39, 0.29) is 25.0 Å². The molecule has 4 aromatic rings. The second-order valence-electron chi connectivity index (χ2n) is 7.59. The molecule has 2 heterocycles. The van der Waals surface area contributed by atoms with E-state index in [2.05, 4.69) is 32.4 Å². The van der Waals surface area contributed by atoms with Crippen molar-refractivity contribution >= 4 is 50.7 Å².